The van der Waals surface area contributed by atoms with Crippen molar-refractivity contribution in [1.82, 2.24) is 5.16 Å². The minimum atomic E-state index is -5.02. The second-order valence-corrected chi connectivity index (χ2v) is 7.86. The third-order valence-electron chi connectivity index (χ3n) is 5.21. The molecule has 3 rings (SSSR count). The van der Waals surface area contributed by atoms with Crippen LogP contribution in [0.15, 0.2) is 34.9 Å². The highest BCUT2D eigenvalue weighted by atomic mass is 19.4. The molecule has 0 aliphatic carbocycles. The maximum Gasteiger partial charge on any atom is 0.573 e. The second-order valence-electron chi connectivity index (χ2n) is 7.86. The van der Waals surface area contributed by atoms with Crippen LogP contribution in [0.5, 0.6) is 11.5 Å². The third-order valence-corrected chi connectivity index (χ3v) is 5.21. The number of carboxylic acid groups (broad SMARTS) is 1. The van der Waals surface area contributed by atoms with Gasteiger partial charge >= 0.3 is 18.5 Å². The molecule has 0 bridgehead atoms. The van der Waals surface area contributed by atoms with Gasteiger partial charge in [-0.1, -0.05) is 18.5 Å². The van der Waals surface area contributed by atoms with Gasteiger partial charge in [0.2, 0.25) is 0 Å². The lowest BCUT2D eigenvalue weighted by molar-refractivity contribution is -0.274. The molecular formula is C23H22F6N2O5. The van der Waals surface area contributed by atoms with E-state index in [4.69, 9.17) is 14.4 Å². The lowest BCUT2D eigenvalue weighted by Gasteiger charge is -2.23. The molecule has 36 heavy (non-hydrogen) atoms. The number of rotatable bonds is 10. The first-order valence-electron chi connectivity index (χ1n) is 10.8. The largest absolute Gasteiger partial charge is 0.573 e. The summed E-state index contributed by atoms with van der Waals surface area (Å²) in [6.07, 6.45) is -8.38. The van der Waals surface area contributed by atoms with Crippen molar-refractivity contribution >= 4 is 22.6 Å². The third kappa shape index (κ3) is 6.32. The van der Waals surface area contributed by atoms with Gasteiger partial charge in [0.15, 0.2) is 17.0 Å². The molecule has 1 aromatic heterocycles. The number of carbonyl (C=O) groups is 1. The molecule has 0 amide bonds. The van der Waals surface area contributed by atoms with Crippen LogP contribution in [0, 0.1) is 0 Å². The van der Waals surface area contributed by atoms with Crippen LogP contribution in [-0.4, -0.2) is 42.8 Å². The first-order chi connectivity index (χ1) is 16.8. The van der Waals surface area contributed by atoms with Gasteiger partial charge < -0.3 is 24.0 Å². The molecule has 0 aliphatic heterocycles. The summed E-state index contributed by atoms with van der Waals surface area (Å²) < 4.78 is 92.6. The summed E-state index contributed by atoms with van der Waals surface area (Å²) in [5.74, 6) is -1.74. The number of ether oxygens (including phenoxy) is 2. The van der Waals surface area contributed by atoms with Crippen molar-refractivity contribution in [3.05, 3.63) is 47.2 Å². The predicted molar refractivity (Wildman–Crippen MR) is 116 cm³/mol. The van der Waals surface area contributed by atoms with Gasteiger partial charge in [-0.05, 0) is 43.2 Å². The molecule has 0 radical (unpaired) electrons. The lowest BCUT2D eigenvalue weighted by Crippen LogP contribution is -2.24. The number of aryl methyl sites for hydroxylation is 1. The molecule has 7 nitrogen and oxygen atoms in total. The highest BCUT2D eigenvalue weighted by Crippen LogP contribution is 2.38. The van der Waals surface area contributed by atoms with Gasteiger partial charge in [-0.15, -0.1) is 13.2 Å². The summed E-state index contributed by atoms with van der Waals surface area (Å²) in [5.41, 5.74) is -1.03. The van der Waals surface area contributed by atoms with Crippen LogP contribution in [0.4, 0.5) is 32.0 Å². The Morgan fingerprint density at radius 1 is 1.11 bits per heavy atom. The molecule has 2 aromatic carbocycles. The van der Waals surface area contributed by atoms with E-state index in [1.165, 1.54) is 30.1 Å². The van der Waals surface area contributed by atoms with Crippen molar-refractivity contribution in [2.75, 3.05) is 25.1 Å². The van der Waals surface area contributed by atoms with E-state index >= 15 is 0 Å². The van der Waals surface area contributed by atoms with E-state index in [0.29, 0.717) is 30.6 Å². The van der Waals surface area contributed by atoms with E-state index in [-0.39, 0.29) is 35.4 Å². The minimum Gasteiger partial charge on any atom is -0.493 e. The molecule has 0 saturated carbocycles. The fourth-order valence-electron chi connectivity index (χ4n) is 3.64. The van der Waals surface area contributed by atoms with Gasteiger partial charge in [-0.2, -0.15) is 13.2 Å². The van der Waals surface area contributed by atoms with Crippen LogP contribution < -0.4 is 14.4 Å². The zero-order valence-corrected chi connectivity index (χ0v) is 19.2. The van der Waals surface area contributed by atoms with Crippen LogP contribution in [0.2, 0.25) is 0 Å². The Kier molecular flexibility index (Phi) is 7.89. The number of aromatic nitrogens is 1. The van der Waals surface area contributed by atoms with E-state index in [1.54, 1.807) is 0 Å². The molecule has 13 heteroatoms. The summed E-state index contributed by atoms with van der Waals surface area (Å²) in [6, 6.07) is 5.79. The average molecular weight is 520 g/mol. The van der Waals surface area contributed by atoms with Crippen molar-refractivity contribution in [3.8, 4) is 11.5 Å². The normalized spacial score (nSPS) is 12.1. The van der Waals surface area contributed by atoms with Crippen molar-refractivity contribution in [3.63, 3.8) is 0 Å². The summed E-state index contributed by atoms with van der Waals surface area (Å²) in [6.45, 7) is 2.14. The van der Waals surface area contributed by atoms with Crippen LogP contribution >= 0.6 is 0 Å². The van der Waals surface area contributed by atoms with Gasteiger partial charge in [0.1, 0.15) is 5.75 Å². The second kappa shape index (κ2) is 10.5. The number of alkyl halides is 6. The number of carboxylic acids is 1. The van der Waals surface area contributed by atoms with Crippen molar-refractivity contribution in [2.24, 2.45) is 0 Å². The minimum absolute atomic E-state index is 0.00810. The van der Waals surface area contributed by atoms with Crippen molar-refractivity contribution < 1.29 is 50.2 Å². The van der Waals surface area contributed by atoms with E-state index in [9.17, 15) is 31.1 Å². The highest BCUT2D eigenvalue weighted by Gasteiger charge is 2.38. The molecule has 196 valence electrons. The van der Waals surface area contributed by atoms with Crippen molar-refractivity contribution in [2.45, 2.75) is 38.7 Å². The Hall–Kier alpha value is -3.64. The zero-order valence-electron chi connectivity index (χ0n) is 19.2. The SMILES string of the molecule is CCCc1c(OCCCN(C)c2ccc(C(=O)O)cc2OC(F)(F)F)ccc2c(C(F)(F)F)noc12. The molecule has 1 heterocycles. The topological polar surface area (TPSA) is 85.0 Å². The molecule has 0 aliphatic rings. The van der Waals surface area contributed by atoms with Gasteiger partial charge in [0.05, 0.1) is 23.2 Å². The Morgan fingerprint density at radius 3 is 2.44 bits per heavy atom. The maximum atomic E-state index is 13.2. The first-order valence-corrected chi connectivity index (χ1v) is 10.8. The molecule has 0 fully saturated rings. The van der Waals surface area contributed by atoms with E-state index in [1.807, 2.05) is 6.92 Å². The van der Waals surface area contributed by atoms with E-state index < -0.39 is 30.0 Å². The quantitative estimate of drug-likeness (QED) is 0.248. The van der Waals surface area contributed by atoms with Gasteiger partial charge in [-0.25, -0.2) is 4.79 Å². The number of anilines is 1. The molecule has 1 N–H and O–H groups in total. The van der Waals surface area contributed by atoms with Crippen LogP contribution in [0.25, 0.3) is 11.0 Å². The molecule has 0 spiro atoms. The Balaban J connectivity index is 1.72. The van der Waals surface area contributed by atoms with Gasteiger partial charge in [0.25, 0.3) is 0 Å². The number of aromatic carboxylic acids is 1. The highest BCUT2D eigenvalue weighted by molar-refractivity contribution is 5.89. The average Bonchev–Trinajstić information content (AvgIpc) is 3.21. The van der Waals surface area contributed by atoms with Crippen LogP contribution in [0.1, 0.15) is 41.4 Å². The molecule has 0 unspecified atom stereocenters. The Bertz CT molecular complexity index is 1220. The summed E-state index contributed by atoms with van der Waals surface area (Å²) in [5, 5.41) is 12.1. The maximum absolute atomic E-state index is 13.2. The van der Waals surface area contributed by atoms with Crippen LogP contribution in [-0.2, 0) is 12.6 Å². The molecule has 3 aromatic rings. The number of hydrogen-bond acceptors (Lipinski definition) is 6. The predicted octanol–water partition coefficient (Wildman–Crippen LogP) is 6.30. The fourth-order valence-corrected chi connectivity index (χ4v) is 3.64. The zero-order chi connectivity index (χ0) is 26.7. The first kappa shape index (κ1) is 27.0. The Morgan fingerprint density at radius 2 is 1.83 bits per heavy atom. The fraction of sp³-hybridized carbons (Fsp3) is 0.391. The smallest absolute Gasteiger partial charge is 0.493 e. The standard InChI is InChI=1S/C23H22F6N2O5/c1-3-5-14-17(9-7-15-19(14)36-30-20(15)22(24,25)26)34-11-4-10-31(2)16-8-6-13(21(32)33)12-18(16)35-23(27,28)29/h6-9,12H,3-5,10-11H2,1-2H3,(H,32,33). The van der Waals surface area contributed by atoms with Crippen molar-refractivity contribution in [1.29, 1.82) is 0 Å². The molecular weight excluding hydrogens is 498 g/mol. The Labute approximate surface area is 201 Å². The van der Waals surface area contributed by atoms with Gasteiger partial charge in [-0.3, -0.25) is 0 Å². The monoisotopic (exact) mass is 520 g/mol. The number of halogens is 6. The number of hydrogen-bond donors (Lipinski definition) is 1. The summed E-state index contributed by atoms with van der Waals surface area (Å²) in [7, 11) is 1.50. The molecule has 0 atom stereocenters. The van der Waals surface area contributed by atoms with E-state index in [2.05, 4.69) is 9.89 Å². The van der Waals surface area contributed by atoms with E-state index in [0.717, 1.165) is 12.1 Å². The summed E-state index contributed by atoms with van der Waals surface area (Å²) in [4.78, 5) is 12.6. The molecule has 0 saturated heterocycles. The van der Waals surface area contributed by atoms with Gasteiger partial charge in [0, 0.05) is 19.2 Å². The summed E-state index contributed by atoms with van der Waals surface area (Å²) >= 11 is 0. The number of nitrogens with zero attached hydrogens (tertiary/aromatic N) is 2. The lowest BCUT2D eigenvalue weighted by atomic mass is 10.0. The number of fused-ring (bicyclic) bond motifs is 1. The number of benzene rings is 2. The van der Waals surface area contributed by atoms with Crippen LogP contribution in [0.3, 0.4) is 0 Å².